The number of anilines is 6. The van der Waals surface area contributed by atoms with Crippen molar-refractivity contribution in [2.75, 3.05) is 9.80 Å². The van der Waals surface area contributed by atoms with Crippen LogP contribution in [0.1, 0.15) is 27.8 Å². The SMILES string of the molecule is Cc1ccc(C=Cc2ccc(N(c3ccc(C)cc3)c3c4ccccc4c4c5cccc6c(N(c7ccccc7)c7ccc(C)cc7)c7ccccc7c(c7cccc3c74)c65)cc2)cc1. The minimum absolute atomic E-state index is 1.11. The van der Waals surface area contributed by atoms with Gasteiger partial charge in [-0.05, 0) is 113 Å². The summed E-state index contributed by atoms with van der Waals surface area (Å²) in [5.41, 5.74) is 12.9. The maximum Gasteiger partial charge on any atom is 0.0619 e. The number of nitrogens with zero attached hydrogens (tertiary/aromatic N) is 2. The number of fused-ring (bicyclic) bond motifs is 6. The van der Waals surface area contributed by atoms with Crippen molar-refractivity contribution in [3.63, 3.8) is 0 Å². The van der Waals surface area contributed by atoms with Gasteiger partial charge in [-0.15, -0.1) is 0 Å². The van der Waals surface area contributed by atoms with E-state index in [9.17, 15) is 0 Å². The van der Waals surface area contributed by atoms with Crippen LogP contribution in [0.3, 0.4) is 0 Å². The number of aryl methyl sites for hydroxylation is 3. The highest BCUT2D eigenvalue weighted by atomic mass is 15.2. The molecule has 0 bridgehead atoms. The van der Waals surface area contributed by atoms with E-state index in [1.807, 2.05) is 0 Å². The smallest absolute Gasteiger partial charge is 0.0619 e. The molecular formula is C63H46N2. The van der Waals surface area contributed by atoms with Crippen LogP contribution in [-0.4, -0.2) is 0 Å². The van der Waals surface area contributed by atoms with E-state index in [-0.39, 0.29) is 0 Å². The van der Waals surface area contributed by atoms with E-state index in [2.05, 4.69) is 255 Å². The van der Waals surface area contributed by atoms with Crippen molar-refractivity contribution < 1.29 is 0 Å². The normalized spacial score (nSPS) is 11.9. The molecule has 12 aromatic carbocycles. The number of hydrogen-bond donors (Lipinski definition) is 0. The molecule has 12 aromatic rings. The molecule has 0 unspecified atom stereocenters. The van der Waals surface area contributed by atoms with Gasteiger partial charge in [-0.2, -0.15) is 0 Å². The van der Waals surface area contributed by atoms with Gasteiger partial charge in [-0.3, -0.25) is 0 Å². The van der Waals surface area contributed by atoms with E-state index in [4.69, 9.17) is 0 Å². The molecule has 0 saturated heterocycles. The molecule has 0 heterocycles. The summed E-state index contributed by atoms with van der Waals surface area (Å²) in [6.07, 6.45) is 4.40. The van der Waals surface area contributed by atoms with Gasteiger partial charge in [0.05, 0.1) is 11.4 Å². The lowest BCUT2D eigenvalue weighted by Gasteiger charge is -2.31. The maximum absolute atomic E-state index is 2.48. The number of hydrogen-bond acceptors (Lipinski definition) is 2. The zero-order valence-electron chi connectivity index (χ0n) is 36.8. The molecule has 0 radical (unpaired) electrons. The lowest BCUT2D eigenvalue weighted by Crippen LogP contribution is -2.12. The summed E-state index contributed by atoms with van der Waals surface area (Å²) in [4.78, 5) is 4.94. The molecule has 0 atom stereocenters. The van der Waals surface area contributed by atoms with Gasteiger partial charge in [-0.1, -0.05) is 193 Å². The second-order valence-corrected chi connectivity index (χ2v) is 17.5. The molecule has 2 nitrogen and oxygen atoms in total. The second kappa shape index (κ2) is 15.6. The number of para-hydroxylation sites is 1. The molecule has 0 aliphatic carbocycles. The van der Waals surface area contributed by atoms with Gasteiger partial charge >= 0.3 is 0 Å². The molecule has 0 N–H and O–H groups in total. The molecule has 0 saturated carbocycles. The van der Waals surface area contributed by atoms with E-state index in [0.29, 0.717) is 0 Å². The van der Waals surface area contributed by atoms with Crippen LogP contribution in [0.5, 0.6) is 0 Å². The molecular weight excluding hydrogens is 785 g/mol. The number of benzene rings is 12. The predicted octanol–water partition coefficient (Wildman–Crippen LogP) is 18.1. The van der Waals surface area contributed by atoms with Gasteiger partial charge in [0.2, 0.25) is 0 Å². The van der Waals surface area contributed by atoms with Crippen molar-refractivity contribution in [1.82, 2.24) is 0 Å². The summed E-state index contributed by atoms with van der Waals surface area (Å²) in [6.45, 7) is 6.45. The third-order valence-electron chi connectivity index (χ3n) is 13.3. The van der Waals surface area contributed by atoms with Crippen LogP contribution in [0.15, 0.2) is 212 Å². The zero-order chi connectivity index (χ0) is 43.6. The van der Waals surface area contributed by atoms with Crippen LogP contribution < -0.4 is 9.80 Å². The van der Waals surface area contributed by atoms with Gasteiger partial charge in [0, 0.05) is 55.1 Å². The van der Waals surface area contributed by atoms with Gasteiger partial charge < -0.3 is 9.80 Å². The van der Waals surface area contributed by atoms with Crippen LogP contribution in [0.4, 0.5) is 34.1 Å². The highest BCUT2D eigenvalue weighted by Crippen LogP contribution is 2.54. The summed E-state index contributed by atoms with van der Waals surface area (Å²) in [7, 11) is 0. The second-order valence-electron chi connectivity index (χ2n) is 17.5. The van der Waals surface area contributed by atoms with Crippen LogP contribution in [0.2, 0.25) is 0 Å². The monoisotopic (exact) mass is 830 g/mol. The van der Waals surface area contributed by atoms with E-state index in [1.165, 1.54) is 98.3 Å². The molecule has 0 aliphatic rings. The van der Waals surface area contributed by atoms with E-state index in [1.54, 1.807) is 0 Å². The van der Waals surface area contributed by atoms with Crippen LogP contribution in [-0.2, 0) is 0 Å². The lowest BCUT2D eigenvalue weighted by atomic mass is 9.83. The third kappa shape index (κ3) is 6.40. The Bertz CT molecular complexity index is 3750. The van der Waals surface area contributed by atoms with Gasteiger partial charge in [-0.25, -0.2) is 0 Å². The Morgan fingerprint density at radius 3 is 0.969 bits per heavy atom. The van der Waals surface area contributed by atoms with E-state index >= 15 is 0 Å². The summed E-state index contributed by atoms with van der Waals surface area (Å²) in [5, 5.41) is 15.0. The number of rotatable bonds is 8. The van der Waals surface area contributed by atoms with E-state index < -0.39 is 0 Å². The van der Waals surface area contributed by atoms with Crippen LogP contribution in [0, 0.1) is 20.8 Å². The third-order valence-corrected chi connectivity index (χ3v) is 13.3. The molecule has 12 rings (SSSR count). The zero-order valence-corrected chi connectivity index (χ0v) is 36.8. The Labute approximate surface area is 379 Å². The average molecular weight is 831 g/mol. The summed E-state index contributed by atoms with van der Waals surface area (Å²) < 4.78 is 0. The fraction of sp³-hybridized carbons (Fsp3) is 0.0476. The van der Waals surface area contributed by atoms with Crippen molar-refractivity contribution in [2.24, 2.45) is 0 Å². The summed E-state index contributed by atoms with van der Waals surface area (Å²) in [5.74, 6) is 0. The molecule has 65 heavy (non-hydrogen) atoms. The van der Waals surface area contributed by atoms with Gasteiger partial charge in [0.15, 0.2) is 0 Å². The molecule has 0 spiro atoms. The first-order chi connectivity index (χ1) is 32.0. The van der Waals surface area contributed by atoms with Crippen LogP contribution >= 0.6 is 0 Å². The molecule has 0 aromatic heterocycles. The van der Waals surface area contributed by atoms with Crippen molar-refractivity contribution in [3.05, 3.63) is 240 Å². The van der Waals surface area contributed by atoms with Crippen LogP contribution in [0.25, 0.3) is 76.8 Å². The minimum atomic E-state index is 1.11. The molecule has 308 valence electrons. The highest BCUT2D eigenvalue weighted by molar-refractivity contribution is 6.45. The Morgan fingerprint density at radius 2 is 0.538 bits per heavy atom. The topological polar surface area (TPSA) is 6.48 Å². The minimum Gasteiger partial charge on any atom is -0.309 e. The fourth-order valence-corrected chi connectivity index (χ4v) is 10.3. The first-order valence-electron chi connectivity index (χ1n) is 22.6. The first-order valence-corrected chi connectivity index (χ1v) is 22.6. The fourth-order valence-electron chi connectivity index (χ4n) is 10.3. The molecule has 2 heteroatoms. The maximum atomic E-state index is 2.48. The van der Waals surface area contributed by atoms with Gasteiger partial charge in [0.25, 0.3) is 0 Å². The van der Waals surface area contributed by atoms with Crippen molar-refractivity contribution in [1.29, 1.82) is 0 Å². The standard InChI is InChI=1S/C63H46N2/c1-41-23-29-44(30-24-41)31-32-45-33-39-49(40-34-45)65(48-37-27-43(3)28-38-48)63-53-18-10-8-16-51(53)59-54-19-11-21-56-60(54)58(55-20-12-22-57(63)61(55)59)50-15-7-9-17-52(50)62(56)64(46-13-5-4-6-14-46)47-35-25-42(2)26-36-47/h4-40H,1-3H3. The summed E-state index contributed by atoms with van der Waals surface area (Å²) >= 11 is 0. The first kappa shape index (κ1) is 38.5. The van der Waals surface area contributed by atoms with Crippen molar-refractivity contribution >= 4 is 111 Å². The Morgan fingerprint density at radius 1 is 0.246 bits per heavy atom. The molecule has 0 fully saturated rings. The largest absolute Gasteiger partial charge is 0.309 e. The van der Waals surface area contributed by atoms with E-state index in [0.717, 1.165) is 28.3 Å². The summed E-state index contributed by atoms with van der Waals surface area (Å²) in [6, 6.07) is 78.6. The molecule has 0 amide bonds. The lowest BCUT2D eigenvalue weighted by molar-refractivity contribution is 1.30. The Hall–Kier alpha value is -8.20. The Kier molecular flexibility index (Phi) is 9.21. The van der Waals surface area contributed by atoms with Crippen molar-refractivity contribution in [2.45, 2.75) is 20.8 Å². The highest BCUT2D eigenvalue weighted by Gasteiger charge is 2.27. The molecule has 0 aliphatic heterocycles. The quantitative estimate of drug-likeness (QED) is 0.0855. The van der Waals surface area contributed by atoms with Crippen molar-refractivity contribution in [3.8, 4) is 0 Å². The predicted molar refractivity (Wildman–Crippen MR) is 282 cm³/mol. The average Bonchev–Trinajstić information content (AvgIpc) is 3.35. The Balaban J connectivity index is 1.17. The van der Waals surface area contributed by atoms with Gasteiger partial charge in [0.1, 0.15) is 0 Å².